The summed E-state index contributed by atoms with van der Waals surface area (Å²) in [5.74, 6) is -0.853. The monoisotopic (exact) mass is 286 g/mol. The van der Waals surface area contributed by atoms with E-state index < -0.39 is 20.7 Å². The number of sulfonamides is 1. The van der Waals surface area contributed by atoms with Crippen molar-refractivity contribution in [3.8, 4) is 0 Å². The predicted molar refractivity (Wildman–Crippen MR) is 69.2 cm³/mol. The largest absolute Gasteiger partial charge is 0.398 e. The molecule has 0 bridgehead atoms. The minimum Gasteiger partial charge on any atom is -0.398 e. The second-order valence-electron chi connectivity index (χ2n) is 3.56. The van der Waals surface area contributed by atoms with Gasteiger partial charge in [-0.2, -0.15) is 0 Å². The number of anilines is 1. The van der Waals surface area contributed by atoms with Crippen LogP contribution in [0.15, 0.2) is 40.6 Å². The first-order valence-corrected chi connectivity index (χ1v) is 7.43. The van der Waals surface area contributed by atoms with E-state index in [0.29, 0.717) is 0 Å². The number of rotatable bonds is 4. The van der Waals surface area contributed by atoms with E-state index in [-0.39, 0.29) is 12.2 Å². The molecule has 18 heavy (non-hydrogen) atoms. The molecule has 7 heteroatoms. The van der Waals surface area contributed by atoms with Gasteiger partial charge in [0.15, 0.2) is 0 Å². The van der Waals surface area contributed by atoms with Gasteiger partial charge in [-0.05, 0) is 23.6 Å². The summed E-state index contributed by atoms with van der Waals surface area (Å²) in [5.41, 5.74) is 5.40. The number of nitrogen functional groups attached to an aromatic ring is 1. The van der Waals surface area contributed by atoms with Crippen LogP contribution >= 0.6 is 11.3 Å². The van der Waals surface area contributed by atoms with Gasteiger partial charge in [-0.1, -0.05) is 12.1 Å². The molecule has 0 saturated carbocycles. The van der Waals surface area contributed by atoms with Gasteiger partial charge in [0, 0.05) is 11.4 Å². The summed E-state index contributed by atoms with van der Waals surface area (Å²) in [6, 6.07) is 7.38. The summed E-state index contributed by atoms with van der Waals surface area (Å²) in [6.07, 6.45) is 0. The topological polar surface area (TPSA) is 72.2 Å². The maximum Gasteiger partial charge on any atom is 0.245 e. The Morgan fingerprint density at radius 1 is 1.28 bits per heavy atom. The normalized spacial score (nSPS) is 11.6. The Morgan fingerprint density at radius 2 is 2.06 bits per heavy atom. The molecule has 2 aromatic rings. The average molecular weight is 286 g/mol. The number of nitrogens with one attached hydrogen (secondary N) is 1. The molecule has 1 aromatic carbocycles. The number of nitrogens with two attached hydrogens (primary N) is 1. The number of benzene rings is 1. The molecule has 0 fully saturated rings. The number of hydrogen-bond acceptors (Lipinski definition) is 4. The fourth-order valence-corrected chi connectivity index (χ4v) is 3.39. The van der Waals surface area contributed by atoms with Crippen LogP contribution in [0.3, 0.4) is 0 Å². The van der Waals surface area contributed by atoms with Crippen LogP contribution in [-0.2, 0) is 16.6 Å². The zero-order valence-electron chi connectivity index (χ0n) is 9.26. The van der Waals surface area contributed by atoms with Crippen LogP contribution in [0, 0.1) is 5.82 Å². The van der Waals surface area contributed by atoms with E-state index in [0.717, 1.165) is 10.9 Å². The third kappa shape index (κ3) is 2.69. The third-order valence-electron chi connectivity index (χ3n) is 2.28. The zero-order chi connectivity index (χ0) is 13.2. The molecule has 0 atom stereocenters. The number of thiophene rings is 1. The molecule has 0 unspecified atom stereocenters. The number of halogens is 1. The van der Waals surface area contributed by atoms with Crippen LogP contribution in [0.4, 0.5) is 10.1 Å². The highest BCUT2D eigenvalue weighted by Gasteiger charge is 2.21. The molecule has 0 spiro atoms. The van der Waals surface area contributed by atoms with Crippen LogP contribution in [0.5, 0.6) is 0 Å². The maximum atomic E-state index is 13.5. The second-order valence-corrected chi connectivity index (χ2v) is 6.30. The highest BCUT2D eigenvalue weighted by molar-refractivity contribution is 7.89. The van der Waals surface area contributed by atoms with Crippen LogP contribution in [-0.4, -0.2) is 8.42 Å². The van der Waals surface area contributed by atoms with Crippen molar-refractivity contribution in [2.75, 3.05) is 5.73 Å². The van der Waals surface area contributed by atoms with Crippen molar-refractivity contribution in [3.05, 3.63) is 46.4 Å². The van der Waals surface area contributed by atoms with Gasteiger partial charge in [0.05, 0.1) is 5.69 Å². The average Bonchev–Trinajstić information content (AvgIpc) is 2.78. The van der Waals surface area contributed by atoms with Crippen molar-refractivity contribution in [3.63, 3.8) is 0 Å². The van der Waals surface area contributed by atoms with Crippen molar-refractivity contribution < 1.29 is 12.8 Å². The van der Waals surface area contributed by atoms with Crippen molar-refractivity contribution >= 4 is 27.0 Å². The van der Waals surface area contributed by atoms with Gasteiger partial charge in [-0.15, -0.1) is 11.3 Å². The summed E-state index contributed by atoms with van der Waals surface area (Å²) in [4.78, 5) is 0.343. The highest BCUT2D eigenvalue weighted by atomic mass is 32.2. The lowest BCUT2D eigenvalue weighted by Gasteiger charge is -2.09. The van der Waals surface area contributed by atoms with E-state index in [1.165, 1.54) is 23.5 Å². The smallest absolute Gasteiger partial charge is 0.245 e. The van der Waals surface area contributed by atoms with Gasteiger partial charge < -0.3 is 5.73 Å². The summed E-state index contributed by atoms with van der Waals surface area (Å²) in [7, 11) is -3.94. The van der Waals surface area contributed by atoms with Gasteiger partial charge in [-0.25, -0.2) is 17.5 Å². The Bertz CT molecular complexity index is 619. The lowest BCUT2D eigenvalue weighted by atomic mass is 10.3. The first-order valence-electron chi connectivity index (χ1n) is 5.07. The molecule has 3 N–H and O–H groups in total. The van der Waals surface area contributed by atoms with Crippen molar-refractivity contribution in [1.29, 1.82) is 0 Å². The summed E-state index contributed by atoms with van der Waals surface area (Å²) in [5, 5.41) is 1.83. The fraction of sp³-hybridized carbons (Fsp3) is 0.0909. The Kier molecular flexibility index (Phi) is 3.65. The molecule has 0 aliphatic rings. The first-order chi connectivity index (χ1) is 8.50. The molecule has 2 rings (SSSR count). The Hall–Kier alpha value is -1.44. The quantitative estimate of drug-likeness (QED) is 0.844. The maximum absolute atomic E-state index is 13.5. The predicted octanol–water partition coefficient (Wildman–Crippen LogP) is 1.95. The van der Waals surface area contributed by atoms with E-state index in [2.05, 4.69) is 4.72 Å². The molecule has 4 nitrogen and oxygen atoms in total. The Morgan fingerprint density at radius 3 is 2.67 bits per heavy atom. The van der Waals surface area contributed by atoms with Gasteiger partial charge in [0.25, 0.3) is 0 Å². The molecule has 0 aliphatic carbocycles. The highest BCUT2D eigenvalue weighted by Crippen LogP contribution is 2.21. The summed E-state index contributed by atoms with van der Waals surface area (Å²) < 4.78 is 39.7. The Balaban J connectivity index is 2.26. The van der Waals surface area contributed by atoms with E-state index >= 15 is 0 Å². The lowest BCUT2D eigenvalue weighted by Crippen LogP contribution is -2.24. The van der Waals surface area contributed by atoms with Gasteiger partial charge in [0.2, 0.25) is 10.0 Å². The summed E-state index contributed by atoms with van der Waals surface area (Å²) in [6.45, 7) is 0.119. The molecule has 96 valence electrons. The van der Waals surface area contributed by atoms with Crippen LogP contribution < -0.4 is 10.5 Å². The first kappa shape index (κ1) is 13.0. The van der Waals surface area contributed by atoms with Crippen LogP contribution in [0.1, 0.15) is 4.88 Å². The third-order valence-corrected chi connectivity index (χ3v) is 4.65. The fourth-order valence-electron chi connectivity index (χ4n) is 1.46. The standard InChI is InChI=1S/C11H11FN2O2S2/c12-9-4-1-5-10(13)11(9)18(15,16)14-7-8-3-2-6-17-8/h1-6,14H,7,13H2. The zero-order valence-corrected chi connectivity index (χ0v) is 10.9. The van der Waals surface area contributed by atoms with Crippen molar-refractivity contribution in [1.82, 2.24) is 4.72 Å². The molecule has 0 saturated heterocycles. The van der Waals surface area contributed by atoms with Gasteiger partial charge in [-0.3, -0.25) is 0 Å². The SMILES string of the molecule is Nc1cccc(F)c1S(=O)(=O)NCc1cccs1. The molecule has 0 aliphatic heterocycles. The van der Waals surface area contributed by atoms with E-state index in [9.17, 15) is 12.8 Å². The van der Waals surface area contributed by atoms with E-state index in [1.54, 1.807) is 6.07 Å². The lowest BCUT2D eigenvalue weighted by molar-refractivity contribution is 0.558. The van der Waals surface area contributed by atoms with Crippen molar-refractivity contribution in [2.45, 2.75) is 11.4 Å². The van der Waals surface area contributed by atoms with Gasteiger partial charge >= 0.3 is 0 Å². The van der Waals surface area contributed by atoms with Crippen LogP contribution in [0.25, 0.3) is 0 Å². The van der Waals surface area contributed by atoms with Gasteiger partial charge in [0.1, 0.15) is 10.7 Å². The van der Waals surface area contributed by atoms with E-state index in [4.69, 9.17) is 5.73 Å². The van der Waals surface area contributed by atoms with Crippen LogP contribution in [0.2, 0.25) is 0 Å². The molecule has 0 radical (unpaired) electrons. The minimum atomic E-state index is -3.94. The Labute approximate surface area is 108 Å². The number of hydrogen-bond donors (Lipinski definition) is 2. The molecular weight excluding hydrogens is 275 g/mol. The van der Waals surface area contributed by atoms with E-state index in [1.807, 2.05) is 11.4 Å². The molecular formula is C11H11FN2O2S2. The van der Waals surface area contributed by atoms with Crippen molar-refractivity contribution in [2.24, 2.45) is 0 Å². The second kappa shape index (κ2) is 5.05. The molecule has 0 amide bonds. The summed E-state index contributed by atoms with van der Waals surface area (Å²) >= 11 is 1.42. The minimum absolute atomic E-state index is 0.103. The molecule has 1 aromatic heterocycles. The molecule has 1 heterocycles.